The van der Waals surface area contributed by atoms with Crippen molar-refractivity contribution in [1.29, 1.82) is 0 Å². The van der Waals surface area contributed by atoms with E-state index in [4.69, 9.17) is 14.2 Å². The minimum atomic E-state index is -0.424. The molecule has 1 aliphatic rings. The van der Waals surface area contributed by atoms with Crippen LogP contribution in [0.1, 0.15) is 10.5 Å². The van der Waals surface area contributed by atoms with E-state index in [0.29, 0.717) is 11.4 Å². The molecule has 2 heterocycles. The molecule has 0 unspecified atom stereocenters. The number of nitrogens with zero attached hydrogens (tertiary/aromatic N) is 2. The van der Waals surface area contributed by atoms with Crippen molar-refractivity contribution in [3.05, 3.63) is 48.1 Å². The number of carbonyl (C=O) groups excluding carboxylic acids is 2. The first-order valence-electron chi connectivity index (χ1n) is 7.15. The molecule has 0 fully saturated rings. The highest BCUT2D eigenvalue weighted by Crippen LogP contribution is 2.10. The minimum Gasteiger partial charge on any atom is -0.459 e. The summed E-state index contributed by atoms with van der Waals surface area (Å²) < 4.78 is 17.1. The lowest BCUT2D eigenvalue weighted by Gasteiger charge is -2.08. The molecule has 1 aromatic rings. The number of ether oxygens (including phenoxy) is 3. The zero-order chi connectivity index (χ0) is 16.7. The highest BCUT2D eigenvalue weighted by Gasteiger charge is 2.27. The zero-order valence-corrected chi connectivity index (χ0v) is 13.2. The van der Waals surface area contributed by atoms with Crippen LogP contribution in [0.4, 0.5) is 0 Å². The number of carbonyl (C=O) groups is 2. The average Bonchev–Trinajstić information content (AvgIpc) is 3.14. The van der Waals surface area contributed by atoms with Crippen LogP contribution in [-0.4, -0.2) is 54.9 Å². The van der Waals surface area contributed by atoms with E-state index in [1.54, 1.807) is 54.2 Å². The number of likely N-dealkylation sites (N-methyl/N-ethyl adjacent to an activating group) is 1. The van der Waals surface area contributed by atoms with E-state index in [2.05, 4.69) is 6.08 Å². The van der Waals surface area contributed by atoms with Gasteiger partial charge in [-0.25, -0.2) is 14.5 Å². The van der Waals surface area contributed by atoms with Crippen molar-refractivity contribution in [2.45, 2.75) is 0 Å². The Labute approximate surface area is 134 Å². The fourth-order valence-electron chi connectivity index (χ4n) is 1.91. The molecule has 0 saturated carbocycles. The quantitative estimate of drug-likeness (QED) is 0.403. The molecule has 0 amide bonds. The van der Waals surface area contributed by atoms with Crippen molar-refractivity contribution in [3.63, 3.8) is 0 Å². The number of rotatable bonds is 8. The Balaban J connectivity index is 1.52. The van der Waals surface area contributed by atoms with Gasteiger partial charge < -0.3 is 18.8 Å². The highest BCUT2D eigenvalue weighted by atomic mass is 16.6. The van der Waals surface area contributed by atoms with Crippen LogP contribution >= 0.6 is 0 Å². The number of aromatic nitrogens is 1. The highest BCUT2D eigenvalue weighted by molar-refractivity contribution is 5.88. The van der Waals surface area contributed by atoms with Gasteiger partial charge >= 0.3 is 11.9 Å². The number of hydrogen-bond donors (Lipinski definition) is 0. The largest absolute Gasteiger partial charge is 0.459 e. The summed E-state index contributed by atoms with van der Waals surface area (Å²) in [5.74, 6) is -0.819. The summed E-state index contributed by atoms with van der Waals surface area (Å²) in [6.07, 6.45) is 7.78. The zero-order valence-electron chi connectivity index (χ0n) is 13.2. The molecule has 0 saturated heterocycles. The van der Waals surface area contributed by atoms with Gasteiger partial charge in [-0.1, -0.05) is 0 Å². The lowest BCUT2D eigenvalue weighted by Crippen LogP contribution is -2.20. The van der Waals surface area contributed by atoms with Gasteiger partial charge in [0.25, 0.3) is 5.70 Å². The van der Waals surface area contributed by atoms with Crippen LogP contribution in [0, 0.1) is 6.08 Å². The molecule has 23 heavy (non-hydrogen) atoms. The van der Waals surface area contributed by atoms with Crippen molar-refractivity contribution < 1.29 is 23.8 Å². The van der Waals surface area contributed by atoms with E-state index in [0.717, 1.165) is 0 Å². The van der Waals surface area contributed by atoms with Crippen molar-refractivity contribution in [3.8, 4) is 0 Å². The molecular formula is C16H19N2O5+. The molecule has 0 bridgehead atoms. The minimum absolute atomic E-state index is 0.135. The van der Waals surface area contributed by atoms with Gasteiger partial charge in [-0.05, 0) is 12.1 Å². The number of allylic oxidation sites excluding steroid dienone is 2. The van der Waals surface area contributed by atoms with E-state index in [1.807, 2.05) is 0 Å². The smallest absolute Gasteiger partial charge is 0.442 e. The molecule has 0 radical (unpaired) electrons. The third kappa shape index (κ3) is 4.67. The van der Waals surface area contributed by atoms with E-state index in [-0.39, 0.29) is 26.4 Å². The first kappa shape index (κ1) is 16.7. The number of hydrogen-bond acceptors (Lipinski definition) is 6. The summed E-state index contributed by atoms with van der Waals surface area (Å²) in [6.45, 7) is 0.758. The Morgan fingerprint density at radius 2 is 1.78 bits per heavy atom. The van der Waals surface area contributed by atoms with E-state index in [9.17, 15) is 9.59 Å². The molecule has 1 aromatic heterocycles. The SMILES string of the molecule is CN1C=[C+]C=C1C(=O)OCCOCCOC(=O)c1cccn1C. The maximum absolute atomic E-state index is 11.7. The van der Waals surface area contributed by atoms with Gasteiger partial charge in [0.15, 0.2) is 12.3 Å². The van der Waals surface area contributed by atoms with Gasteiger partial charge in [0.1, 0.15) is 25.0 Å². The second kappa shape index (κ2) is 8.12. The predicted molar refractivity (Wildman–Crippen MR) is 81.1 cm³/mol. The van der Waals surface area contributed by atoms with Crippen LogP contribution in [0.2, 0.25) is 0 Å². The number of aryl methyl sites for hydroxylation is 1. The van der Waals surface area contributed by atoms with Gasteiger partial charge in [0.2, 0.25) is 0 Å². The molecule has 122 valence electrons. The van der Waals surface area contributed by atoms with Crippen LogP contribution < -0.4 is 0 Å². The van der Waals surface area contributed by atoms with E-state index < -0.39 is 11.9 Å². The molecule has 0 N–H and O–H groups in total. The molecule has 2 rings (SSSR count). The predicted octanol–water partition coefficient (Wildman–Crippen LogP) is 0.888. The lowest BCUT2D eigenvalue weighted by molar-refractivity contribution is -0.141. The van der Waals surface area contributed by atoms with Crippen molar-refractivity contribution >= 4 is 11.9 Å². The summed E-state index contributed by atoms with van der Waals surface area (Å²) in [7, 11) is 3.51. The number of esters is 2. The van der Waals surface area contributed by atoms with Gasteiger partial charge in [0.05, 0.1) is 13.2 Å². The first-order valence-corrected chi connectivity index (χ1v) is 7.15. The molecule has 0 atom stereocenters. The lowest BCUT2D eigenvalue weighted by atomic mass is 10.4. The summed E-state index contributed by atoms with van der Waals surface area (Å²) in [5, 5.41) is 0. The Kier molecular flexibility index (Phi) is 5.91. The van der Waals surface area contributed by atoms with E-state index >= 15 is 0 Å². The Morgan fingerprint density at radius 1 is 1.09 bits per heavy atom. The molecule has 7 nitrogen and oxygen atoms in total. The molecule has 7 heteroatoms. The molecule has 0 aromatic carbocycles. The van der Waals surface area contributed by atoms with Crippen molar-refractivity contribution in [2.75, 3.05) is 33.5 Å². The van der Waals surface area contributed by atoms with Crippen LogP contribution in [0.25, 0.3) is 0 Å². The summed E-state index contributed by atoms with van der Waals surface area (Å²) in [5.41, 5.74) is 0.916. The molecule has 1 aliphatic heterocycles. The maximum Gasteiger partial charge on any atom is 0.442 e. The summed E-state index contributed by atoms with van der Waals surface area (Å²) >= 11 is 0. The van der Waals surface area contributed by atoms with Gasteiger partial charge in [0, 0.05) is 20.3 Å². The maximum atomic E-state index is 11.7. The first-order chi connectivity index (χ1) is 11.1. The second-order valence-electron chi connectivity index (χ2n) is 4.82. The standard InChI is InChI=1S/C16H19N2O5/c1-17-7-3-5-13(17)15(19)22-11-9-21-10-12-23-16(20)14-6-4-8-18(14)2/h3,5-8H,9-12H2,1-2H3/q+1. The van der Waals surface area contributed by atoms with Crippen LogP contribution in [0.3, 0.4) is 0 Å². The van der Waals surface area contributed by atoms with Gasteiger partial charge in [-0.3, -0.25) is 0 Å². The Bertz CT molecular complexity index is 618. The van der Waals surface area contributed by atoms with Gasteiger partial charge in [-0.15, -0.1) is 0 Å². The third-order valence-electron chi connectivity index (χ3n) is 3.15. The Morgan fingerprint density at radius 3 is 2.35 bits per heavy atom. The third-order valence-corrected chi connectivity index (χ3v) is 3.15. The molecular weight excluding hydrogens is 300 g/mol. The summed E-state index contributed by atoms with van der Waals surface area (Å²) in [4.78, 5) is 25.0. The fourth-order valence-corrected chi connectivity index (χ4v) is 1.91. The van der Waals surface area contributed by atoms with Crippen molar-refractivity contribution in [2.24, 2.45) is 7.05 Å². The van der Waals surface area contributed by atoms with Crippen LogP contribution in [0.5, 0.6) is 0 Å². The topological polar surface area (TPSA) is 70.0 Å². The summed E-state index contributed by atoms with van der Waals surface area (Å²) in [6, 6.07) is 3.45. The van der Waals surface area contributed by atoms with Crippen molar-refractivity contribution in [1.82, 2.24) is 9.47 Å². The average molecular weight is 319 g/mol. The monoisotopic (exact) mass is 319 g/mol. The fraction of sp³-hybridized carbons (Fsp3) is 0.375. The van der Waals surface area contributed by atoms with E-state index in [1.165, 1.54) is 0 Å². The molecule has 0 aliphatic carbocycles. The normalized spacial score (nSPS) is 12.8. The van der Waals surface area contributed by atoms with Gasteiger partial charge in [-0.2, -0.15) is 0 Å². The Hall–Kier alpha value is -2.63. The van der Waals surface area contributed by atoms with Crippen LogP contribution in [0.15, 0.2) is 36.3 Å². The van der Waals surface area contributed by atoms with Crippen LogP contribution in [-0.2, 0) is 26.1 Å². The second-order valence-corrected chi connectivity index (χ2v) is 4.82. The molecule has 0 spiro atoms.